The fourth-order valence-corrected chi connectivity index (χ4v) is 0.702. The second-order valence-electron chi connectivity index (χ2n) is 2.11. The fraction of sp³-hybridized carbons (Fsp3) is 0.125. The SMILES string of the molecule is [NH]C(=O)NCOc1ccccc1. The molecule has 0 aliphatic carbocycles. The molecule has 0 spiro atoms. The molecular formula is C8H9N2O2. The van der Waals surface area contributed by atoms with Crippen molar-refractivity contribution in [1.82, 2.24) is 11.1 Å². The summed E-state index contributed by atoms with van der Waals surface area (Å²) in [4.78, 5) is 10.1. The molecule has 1 aromatic carbocycles. The quantitative estimate of drug-likeness (QED) is 0.679. The van der Waals surface area contributed by atoms with Gasteiger partial charge in [0.1, 0.15) is 5.75 Å². The van der Waals surface area contributed by atoms with Crippen molar-refractivity contribution in [3.63, 3.8) is 0 Å². The standard InChI is InChI=1S/C8H9N2O2/c9-8(11)10-6-12-7-4-2-1-3-5-7/h1-5,9H,6H2,(H,10,11). The topological polar surface area (TPSA) is 62.1 Å². The minimum absolute atomic E-state index is 0.0341. The highest BCUT2D eigenvalue weighted by atomic mass is 16.5. The smallest absolute Gasteiger partial charge is 0.336 e. The van der Waals surface area contributed by atoms with E-state index in [1.807, 2.05) is 18.2 Å². The lowest BCUT2D eigenvalue weighted by Crippen LogP contribution is -2.26. The summed E-state index contributed by atoms with van der Waals surface area (Å²) in [6.07, 6.45) is 0. The van der Waals surface area contributed by atoms with Crippen molar-refractivity contribution in [1.29, 1.82) is 0 Å². The number of amides is 2. The maximum absolute atomic E-state index is 10.1. The van der Waals surface area contributed by atoms with Crippen LogP contribution in [0.3, 0.4) is 0 Å². The van der Waals surface area contributed by atoms with Crippen molar-refractivity contribution in [3.05, 3.63) is 30.3 Å². The van der Waals surface area contributed by atoms with Crippen LogP contribution in [-0.4, -0.2) is 12.8 Å². The molecule has 0 aliphatic rings. The number of ether oxygens (including phenoxy) is 1. The van der Waals surface area contributed by atoms with Crippen LogP contribution in [0.1, 0.15) is 0 Å². The van der Waals surface area contributed by atoms with Gasteiger partial charge < -0.3 is 10.1 Å². The molecule has 1 aromatic rings. The lowest BCUT2D eigenvalue weighted by molar-refractivity contribution is 0.230. The van der Waals surface area contributed by atoms with Crippen molar-refractivity contribution < 1.29 is 9.53 Å². The molecule has 0 aliphatic heterocycles. The predicted molar refractivity (Wildman–Crippen MR) is 43.6 cm³/mol. The minimum Gasteiger partial charge on any atom is -0.473 e. The van der Waals surface area contributed by atoms with Gasteiger partial charge in [0.05, 0.1) is 0 Å². The van der Waals surface area contributed by atoms with E-state index in [1.54, 1.807) is 12.1 Å². The number of hydrogen-bond donors (Lipinski definition) is 1. The second-order valence-corrected chi connectivity index (χ2v) is 2.11. The Balaban J connectivity index is 2.29. The monoisotopic (exact) mass is 165 g/mol. The average molecular weight is 165 g/mol. The zero-order valence-electron chi connectivity index (χ0n) is 6.41. The molecule has 63 valence electrons. The predicted octanol–water partition coefficient (Wildman–Crippen LogP) is 1.02. The van der Waals surface area contributed by atoms with Crippen molar-refractivity contribution in [2.45, 2.75) is 0 Å². The summed E-state index contributed by atoms with van der Waals surface area (Å²) < 4.78 is 5.06. The summed E-state index contributed by atoms with van der Waals surface area (Å²) in [5.74, 6) is 0.672. The molecule has 0 unspecified atom stereocenters. The van der Waals surface area contributed by atoms with Crippen LogP contribution in [0.2, 0.25) is 0 Å². The van der Waals surface area contributed by atoms with Gasteiger partial charge in [-0.25, -0.2) is 10.5 Å². The van der Waals surface area contributed by atoms with Gasteiger partial charge in [0, 0.05) is 0 Å². The molecule has 12 heavy (non-hydrogen) atoms. The molecule has 0 bridgehead atoms. The molecule has 0 aromatic heterocycles. The number of rotatable bonds is 3. The van der Waals surface area contributed by atoms with Crippen LogP contribution < -0.4 is 15.8 Å². The first-order valence-electron chi connectivity index (χ1n) is 3.46. The molecule has 0 saturated carbocycles. The Morgan fingerprint density at radius 2 is 2.08 bits per heavy atom. The van der Waals surface area contributed by atoms with Crippen LogP contribution >= 0.6 is 0 Å². The number of carbonyl (C=O) groups excluding carboxylic acids is 1. The van der Waals surface area contributed by atoms with Gasteiger partial charge in [0.25, 0.3) is 0 Å². The van der Waals surface area contributed by atoms with Crippen LogP contribution in [0.5, 0.6) is 5.75 Å². The van der Waals surface area contributed by atoms with Gasteiger partial charge in [0.15, 0.2) is 6.73 Å². The first-order valence-corrected chi connectivity index (χ1v) is 3.46. The molecule has 4 nitrogen and oxygen atoms in total. The molecule has 0 saturated heterocycles. The molecule has 2 N–H and O–H groups in total. The normalized spacial score (nSPS) is 9.00. The van der Waals surface area contributed by atoms with Crippen LogP contribution in [0.25, 0.3) is 0 Å². The van der Waals surface area contributed by atoms with Gasteiger partial charge in [-0.15, -0.1) is 0 Å². The van der Waals surface area contributed by atoms with E-state index in [0.29, 0.717) is 5.75 Å². The van der Waals surface area contributed by atoms with E-state index in [4.69, 9.17) is 10.5 Å². The summed E-state index contributed by atoms with van der Waals surface area (Å²) in [6, 6.07) is 8.24. The average Bonchev–Trinajstić information content (AvgIpc) is 2.05. The molecule has 2 amide bonds. The number of hydrogen-bond acceptors (Lipinski definition) is 2. The van der Waals surface area contributed by atoms with E-state index in [9.17, 15) is 4.79 Å². The summed E-state index contributed by atoms with van der Waals surface area (Å²) in [6.45, 7) is 0.0341. The van der Waals surface area contributed by atoms with Gasteiger partial charge in [0.2, 0.25) is 0 Å². The first-order chi connectivity index (χ1) is 5.79. The molecule has 0 atom stereocenters. The van der Waals surface area contributed by atoms with Crippen LogP contribution in [0.15, 0.2) is 30.3 Å². The Morgan fingerprint density at radius 3 is 2.67 bits per heavy atom. The molecule has 0 heterocycles. The van der Waals surface area contributed by atoms with E-state index in [2.05, 4.69) is 5.32 Å². The van der Waals surface area contributed by atoms with Crippen LogP contribution in [0, 0.1) is 0 Å². The zero-order chi connectivity index (χ0) is 8.81. The molecule has 1 rings (SSSR count). The summed E-state index contributed by atoms with van der Waals surface area (Å²) in [5.41, 5.74) is 6.51. The highest BCUT2D eigenvalue weighted by Gasteiger charge is 1.92. The van der Waals surface area contributed by atoms with Gasteiger partial charge in [-0.2, -0.15) is 0 Å². The molecule has 1 radical (unpaired) electrons. The van der Waals surface area contributed by atoms with E-state index in [0.717, 1.165) is 0 Å². The molecule has 0 fully saturated rings. The van der Waals surface area contributed by atoms with E-state index >= 15 is 0 Å². The van der Waals surface area contributed by atoms with E-state index in [-0.39, 0.29) is 6.73 Å². The van der Waals surface area contributed by atoms with Gasteiger partial charge in [-0.05, 0) is 12.1 Å². The van der Waals surface area contributed by atoms with Crippen molar-refractivity contribution in [3.8, 4) is 5.75 Å². The number of nitrogens with one attached hydrogen (secondary N) is 2. The first kappa shape index (κ1) is 8.39. The maximum atomic E-state index is 10.1. The third-order valence-corrected chi connectivity index (χ3v) is 1.21. The Bertz CT molecular complexity index is 248. The highest BCUT2D eigenvalue weighted by Crippen LogP contribution is 2.06. The third kappa shape index (κ3) is 2.92. The maximum Gasteiger partial charge on any atom is 0.336 e. The fourth-order valence-electron chi connectivity index (χ4n) is 0.702. The summed E-state index contributed by atoms with van der Waals surface area (Å²) in [5, 5.41) is 2.20. The minimum atomic E-state index is -0.842. The van der Waals surface area contributed by atoms with Crippen LogP contribution in [-0.2, 0) is 0 Å². The lowest BCUT2D eigenvalue weighted by Gasteiger charge is -2.04. The van der Waals surface area contributed by atoms with E-state index < -0.39 is 6.03 Å². The number of carbonyl (C=O) groups is 1. The number of para-hydroxylation sites is 1. The van der Waals surface area contributed by atoms with Crippen molar-refractivity contribution in [2.75, 3.05) is 6.73 Å². The Kier molecular flexibility index (Phi) is 2.95. The van der Waals surface area contributed by atoms with Gasteiger partial charge in [-0.3, -0.25) is 0 Å². The zero-order valence-corrected chi connectivity index (χ0v) is 6.41. The van der Waals surface area contributed by atoms with E-state index in [1.165, 1.54) is 0 Å². The van der Waals surface area contributed by atoms with Gasteiger partial charge >= 0.3 is 6.03 Å². The Morgan fingerprint density at radius 1 is 1.42 bits per heavy atom. The Hall–Kier alpha value is -1.71. The Labute approximate surface area is 70.3 Å². The van der Waals surface area contributed by atoms with Crippen molar-refractivity contribution in [2.24, 2.45) is 0 Å². The second kappa shape index (κ2) is 4.23. The highest BCUT2D eigenvalue weighted by molar-refractivity contribution is 5.70. The summed E-state index contributed by atoms with van der Waals surface area (Å²) >= 11 is 0. The number of benzene rings is 1. The third-order valence-electron chi connectivity index (χ3n) is 1.21. The number of urea groups is 1. The molecular weight excluding hydrogens is 156 g/mol. The summed E-state index contributed by atoms with van der Waals surface area (Å²) in [7, 11) is 0. The van der Waals surface area contributed by atoms with Crippen LogP contribution in [0.4, 0.5) is 4.79 Å². The van der Waals surface area contributed by atoms with Crippen molar-refractivity contribution >= 4 is 6.03 Å². The largest absolute Gasteiger partial charge is 0.473 e. The van der Waals surface area contributed by atoms with Gasteiger partial charge in [-0.1, -0.05) is 18.2 Å². The molecule has 4 heteroatoms. The lowest BCUT2D eigenvalue weighted by atomic mass is 10.3.